The van der Waals surface area contributed by atoms with Crippen LogP contribution in [0.5, 0.6) is 17.2 Å². The Morgan fingerprint density at radius 2 is 1.70 bits per heavy atom. The maximum Gasteiger partial charge on any atom is 0.350 e. The summed E-state index contributed by atoms with van der Waals surface area (Å²) < 4.78 is 22.3. The summed E-state index contributed by atoms with van der Waals surface area (Å²) in [6, 6.07) is 10.7. The van der Waals surface area contributed by atoms with Gasteiger partial charge in [-0.3, -0.25) is 14.5 Å². The number of thiazole rings is 1. The lowest BCUT2D eigenvalue weighted by atomic mass is 9.95. The Morgan fingerprint density at radius 3 is 2.35 bits per heavy atom. The molecule has 0 bridgehead atoms. The number of amides is 1. The highest BCUT2D eigenvalue weighted by atomic mass is 32.1. The first-order chi connectivity index (χ1) is 20.7. The van der Waals surface area contributed by atoms with Crippen molar-refractivity contribution in [2.75, 3.05) is 31.8 Å². The highest BCUT2D eigenvalue weighted by Gasteiger charge is 2.48. The summed E-state index contributed by atoms with van der Waals surface area (Å²) in [4.78, 5) is 45.5. The molecule has 1 unspecified atom stereocenters. The van der Waals surface area contributed by atoms with Gasteiger partial charge in [0.2, 0.25) is 0 Å². The number of benzene rings is 2. The molecule has 1 atom stereocenters. The van der Waals surface area contributed by atoms with E-state index in [0.717, 1.165) is 30.6 Å². The van der Waals surface area contributed by atoms with Crippen LogP contribution in [0.25, 0.3) is 5.76 Å². The number of Topliss-reactive ketones (excluding diaryl/α,β-unsaturated/α-hetero) is 1. The molecule has 1 aromatic heterocycles. The van der Waals surface area contributed by atoms with Gasteiger partial charge in [0.05, 0.1) is 44.2 Å². The maximum absolute atomic E-state index is 13.6. The Hall–Kier alpha value is -4.38. The van der Waals surface area contributed by atoms with Gasteiger partial charge in [0, 0.05) is 5.56 Å². The average Bonchev–Trinajstić information content (AvgIpc) is 3.51. The summed E-state index contributed by atoms with van der Waals surface area (Å²) in [5.41, 5.74) is 1.05. The molecule has 2 aromatic carbocycles. The maximum atomic E-state index is 13.6. The molecule has 4 rings (SSSR count). The van der Waals surface area contributed by atoms with Crippen molar-refractivity contribution in [3.63, 3.8) is 0 Å². The number of ketones is 1. The molecule has 1 N–H and O–H groups in total. The third-order valence-corrected chi connectivity index (χ3v) is 7.97. The van der Waals surface area contributed by atoms with Gasteiger partial charge < -0.3 is 24.1 Å². The SMILES string of the molecule is CCCCCOc1ccc(C2C(=C(O)c3ccc(OCC)cc3)C(=O)C(=O)N2c2nc(C)c(C(=O)OC)s2)cc1OCC. The van der Waals surface area contributed by atoms with Gasteiger partial charge in [-0.15, -0.1) is 0 Å². The molecule has 1 fully saturated rings. The first-order valence-electron chi connectivity index (χ1n) is 14.2. The molecule has 228 valence electrons. The van der Waals surface area contributed by atoms with Gasteiger partial charge in [-0.2, -0.15) is 0 Å². The minimum atomic E-state index is -1.07. The fourth-order valence-electron chi connectivity index (χ4n) is 4.76. The van der Waals surface area contributed by atoms with E-state index in [1.54, 1.807) is 49.4 Å². The number of aromatic nitrogens is 1. The number of ether oxygens (including phenoxy) is 4. The zero-order valence-electron chi connectivity index (χ0n) is 25.0. The second kappa shape index (κ2) is 14.2. The lowest BCUT2D eigenvalue weighted by molar-refractivity contribution is -0.132. The molecule has 43 heavy (non-hydrogen) atoms. The molecule has 3 aromatic rings. The predicted molar refractivity (Wildman–Crippen MR) is 163 cm³/mol. The molecule has 1 aliphatic rings. The average molecular weight is 609 g/mol. The molecule has 1 amide bonds. The number of esters is 1. The van der Waals surface area contributed by atoms with E-state index in [9.17, 15) is 19.5 Å². The lowest BCUT2D eigenvalue weighted by Crippen LogP contribution is -2.29. The predicted octanol–water partition coefficient (Wildman–Crippen LogP) is 6.23. The van der Waals surface area contributed by atoms with E-state index in [0.29, 0.717) is 53.9 Å². The molecular formula is C32H36N2O8S. The Balaban J connectivity index is 1.87. The summed E-state index contributed by atoms with van der Waals surface area (Å²) in [6.07, 6.45) is 2.97. The Labute approximate surface area is 254 Å². The standard InChI is InChI=1S/C32H36N2O8S/c1-6-9-10-17-42-23-16-13-21(18-24(23)41-8-3)26-25(27(35)20-11-14-22(15-12-20)40-7-2)28(36)30(37)34(26)32-33-19(4)29(43-32)31(38)39-5/h11-16,18,26,35H,6-10,17H2,1-5H3. The summed E-state index contributed by atoms with van der Waals surface area (Å²) in [5.74, 6) is -1.17. The molecule has 2 heterocycles. The summed E-state index contributed by atoms with van der Waals surface area (Å²) in [7, 11) is 1.26. The molecular weight excluding hydrogens is 572 g/mol. The molecule has 1 aliphatic heterocycles. The molecule has 1 saturated heterocycles. The number of aryl methyl sites for hydroxylation is 1. The highest BCUT2D eigenvalue weighted by Crippen LogP contribution is 2.45. The van der Waals surface area contributed by atoms with E-state index in [1.165, 1.54) is 12.0 Å². The van der Waals surface area contributed by atoms with Crippen molar-refractivity contribution in [3.8, 4) is 17.2 Å². The largest absolute Gasteiger partial charge is 0.507 e. The van der Waals surface area contributed by atoms with Gasteiger partial charge in [-0.1, -0.05) is 37.2 Å². The number of nitrogens with zero attached hydrogens (tertiary/aromatic N) is 2. The van der Waals surface area contributed by atoms with Crippen LogP contribution in [0.15, 0.2) is 48.0 Å². The van der Waals surface area contributed by atoms with Crippen LogP contribution in [-0.4, -0.2) is 54.7 Å². The zero-order chi connectivity index (χ0) is 31.1. The van der Waals surface area contributed by atoms with Crippen LogP contribution in [-0.2, 0) is 14.3 Å². The first-order valence-corrected chi connectivity index (χ1v) is 15.1. The molecule has 11 heteroatoms. The monoisotopic (exact) mass is 608 g/mol. The van der Waals surface area contributed by atoms with E-state index >= 15 is 0 Å². The number of methoxy groups -OCH3 is 1. The Bertz CT molecular complexity index is 1510. The fourth-order valence-corrected chi connectivity index (χ4v) is 5.77. The van der Waals surface area contributed by atoms with Crippen molar-refractivity contribution in [2.24, 2.45) is 0 Å². The summed E-state index contributed by atoms with van der Waals surface area (Å²) in [6.45, 7) is 8.78. The van der Waals surface area contributed by atoms with E-state index in [1.807, 2.05) is 13.8 Å². The van der Waals surface area contributed by atoms with Gasteiger partial charge in [0.25, 0.3) is 5.78 Å². The van der Waals surface area contributed by atoms with Gasteiger partial charge in [0.1, 0.15) is 16.4 Å². The zero-order valence-corrected chi connectivity index (χ0v) is 25.8. The quantitative estimate of drug-likeness (QED) is 0.0790. The third kappa shape index (κ3) is 6.67. The minimum absolute atomic E-state index is 0.119. The highest BCUT2D eigenvalue weighted by molar-refractivity contribution is 7.17. The number of unbranched alkanes of at least 4 members (excludes halogenated alkanes) is 2. The van der Waals surface area contributed by atoms with Gasteiger partial charge >= 0.3 is 11.9 Å². The molecule has 0 aliphatic carbocycles. The van der Waals surface area contributed by atoms with Gasteiger partial charge in [-0.05, 0) is 69.2 Å². The molecule has 0 radical (unpaired) electrons. The van der Waals surface area contributed by atoms with E-state index in [4.69, 9.17) is 18.9 Å². The van der Waals surface area contributed by atoms with E-state index in [2.05, 4.69) is 11.9 Å². The third-order valence-electron chi connectivity index (χ3n) is 6.83. The number of hydrogen-bond acceptors (Lipinski definition) is 10. The van der Waals surface area contributed by atoms with Crippen LogP contribution < -0.4 is 19.1 Å². The van der Waals surface area contributed by atoms with Crippen LogP contribution in [0.1, 0.15) is 72.6 Å². The molecule has 0 saturated carbocycles. The number of aliphatic hydroxyl groups excluding tert-OH is 1. The lowest BCUT2D eigenvalue weighted by Gasteiger charge is -2.24. The second-order valence-corrected chi connectivity index (χ2v) is 10.7. The first kappa shape index (κ1) is 31.6. The molecule has 0 spiro atoms. The van der Waals surface area contributed by atoms with Crippen molar-refractivity contribution in [1.29, 1.82) is 0 Å². The van der Waals surface area contributed by atoms with Crippen LogP contribution >= 0.6 is 11.3 Å². The van der Waals surface area contributed by atoms with E-state index < -0.39 is 23.7 Å². The van der Waals surface area contributed by atoms with Gasteiger partial charge in [0.15, 0.2) is 16.6 Å². The number of carbonyl (C=O) groups is 3. The van der Waals surface area contributed by atoms with Crippen LogP contribution in [0, 0.1) is 6.92 Å². The van der Waals surface area contributed by atoms with Crippen molar-refractivity contribution >= 4 is 39.9 Å². The van der Waals surface area contributed by atoms with Crippen molar-refractivity contribution in [3.05, 3.63) is 69.7 Å². The smallest absolute Gasteiger partial charge is 0.350 e. The number of aliphatic hydroxyl groups is 1. The minimum Gasteiger partial charge on any atom is -0.507 e. The van der Waals surface area contributed by atoms with Crippen molar-refractivity contribution < 1.29 is 38.4 Å². The van der Waals surface area contributed by atoms with Crippen molar-refractivity contribution in [1.82, 2.24) is 4.98 Å². The van der Waals surface area contributed by atoms with E-state index in [-0.39, 0.29) is 21.3 Å². The normalized spacial score (nSPS) is 15.9. The number of hydrogen-bond donors (Lipinski definition) is 1. The number of rotatable bonds is 13. The molecule has 10 nitrogen and oxygen atoms in total. The topological polar surface area (TPSA) is 124 Å². The number of anilines is 1. The van der Waals surface area contributed by atoms with Crippen LogP contribution in [0.4, 0.5) is 5.13 Å². The van der Waals surface area contributed by atoms with Crippen LogP contribution in [0.2, 0.25) is 0 Å². The summed E-state index contributed by atoms with van der Waals surface area (Å²) in [5, 5.41) is 11.6. The number of carbonyl (C=O) groups excluding carboxylic acids is 3. The van der Waals surface area contributed by atoms with Crippen molar-refractivity contribution in [2.45, 2.75) is 53.0 Å². The Kier molecular flexibility index (Phi) is 10.4. The van der Waals surface area contributed by atoms with Gasteiger partial charge in [-0.25, -0.2) is 9.78 Å². The second-order valence-electron chi connectivity index (χ2n) is 9.72. The van der Waals surface area contributed by atoms with Crippen LogP contribution in [0.3, 0.4) is 0 Å². The fraction of sp³-hybridized carbons (Fsp3) is 0.375. The Morgan fingerprint density at radius 1 is 0.977 bits per heavy atom. The summed E-state index contributed by atoms with van der Waals surface area (Å²) >= 11 is 0.934.